The standard InChI is InChI=1S/C6H15N.C6H14N.C4H8O.C2H4O.C2H4.3CH4.2Li/c2*1-5(2)7-6(3)4;1-2-4-5-3-1;1-2-3;1-2;;;;;/h5-7H,1-4H3;5-6H,1-4H3;1-4H2;2-3H,1H2;1-2H2;3*1H4;;/q;-1;;;;;;;2*+1/p-1. The molecule has 29 heavy (non-hydrogen) atoms. The molecular weight excluding hydrogens is 350 g/mol. The van der Waals surface area contributed by atoms with Crippen LogP contribution >= 0.6 is 0 Å². The van der Waals surface area contributed by atoms with E-state index in [1.54, 1.807) is 0 Å². The molecule has 1 saturated heterocycles. The largest absolute Gasteiger partial charge is 1.00 e. The Labute approximate surface area is 211 Å². The Bertz CT molecular complexity index is 191. The third kappa shape index (κ3) is 110. The minimum absolute atomic E-state index is 0. The summed E-state index contributed by atoms with van der Waals surface area (Å²) in [6.45, 7) is 27.8. The fourth-order valence-electron chi connectivity index (χ4n) is 1.77. The zero-order valence-electron chi connectivity index (χ0n) is 19.6. The van der Waals surface area contributed by atoms with Crippen LogP contribution in [0.5, 0.6) is 0 Å². The molecule has 0 amide bonds. The van der Waals surface area contributed by atoms with E-state index < -0.39 is 0 Å². The number of hydrogen-bond donors (Lipinski definition) is 1. The van der Waals surface area contributed by atoms with Crippen LogP contribution in [-0.2, 0) is 4.74 Å². The number of hydrogen-bond acceptors (Lipinski definition) is 3. The maximum Gasteiger partial charge on any atom is 1.00 e. The van der Waals surface area contributed by atoms with Crippen LogP contribution in [0.2, 0.25) is 0 Å². The van der Waals surface area contributed by atoms with Crippen LogP contribution in [-0.4, -0.2) is 37.4 Å². The number of ether oxygens (including phenoxy) is 1. The normalized spacial score (nSPS) is 10.1. The van der Waals surface area contributed by atoms with Gasteiger partial charge >= 0.3 is 37.7 Å². The second-order valence-electron chi connectivity index (χ2n) is 6.30. The Morgan fingerprint density at radius 3 is 1.07 bits per heavy atom. The molecule has 1 aliphatic rings. The first kappa shape index (κ1) is 57.0. The van der Waals surface area contributed by atoms with Crippen molar-refractivity contribution in [3.05, 3.63) is 31.3 Å². The van der Waals surface area contributed by atoms with Crippen molar-refractivity contribution in [3.8, 4) is 0 Å². The van der Waals surface area contributed by atoms with Crippen molar-refractivity contribution in [2.75, 3.05) is 13.2 Å². The molecule has 1 rings (SSSR count). The van der Waals surface area contributed by atoms with E-state index in [1.807, 2.05) is 0 Å². The Kier molecular flexibility index (Phi) is 101. The van der Waals surface area contributed by atoms with Crippen molar-refractivity contribution < 1.29 is 47.6 Å². The molecule has 0 saturated carbocycles. The van der Waals surface area contributed by atoms with Crippen LogP contribution in [0.25, 0.3) is 5.32 Å². The average molecular weight is 407 g/mol. The van der Waals surface area contributed by atoms with Gasteiger partial charge in [-0.05, 0) is 12.8 Å². The van der Waals surface area contributed by atoms with E-state index in [1.165, 1.54) is 12.8 Å². The number of rotatable bonds is 4. The molecule has 1 N–H and O–H groups in total. The molecule has 0 spiro atoms. The summed E-state index contributed by atoms with van der Waals surface area (Å²) in [5.74, 6) is 0. The molecule has 0 radical (unpaired) electrons. The van der Waals surface area contributed by atoms with Gasteiger partial charge in [0.1, 0.15) is 0 Å². The third-order valence-electron chi connectivity index (χ3n) is 2.09. The first-order chi connectivity index (χ1) is 11.2. The minimum Gasteiger partial charge on any atom is -0.878 e. The van der Waals surface area contributed by atoms with Gasteiger partial charge in [-0.15, -0.1) is 31.8 Å². The summed E-state index contributed by atoms with van der Waals surface area (Å²) in [6.07, 6.45) is 3.06. The SMILES string of the molecule is C.C.C.C1CCOC1.C=C.C=C[O-].CC(C)NC(C)C.CC(C)[N-]C(C)C.[Li+].[Li+]. The molecular formula is C23H56Li2N2O2. The molecule has 0 aromatic heterocycles. The van der Waals surface area contributed by atoms with Crippen molar-refractivity contribution in [2.45, 2.75) is 115 Å². The minimum atomic E-state index is 0. The smallest absolute Gasteiger partial charge is 0.878 e. The van der Waals surface area contributed by atoms with E-state index >= 15 is 0 Å². The maximum atomic E-state index is 8.69. The van der Waals surface area contributed by atoms with E-state index in [0.717, 1.165) is 13.2 Å². The van der Waals surface area contributed by atoms with Crippen LogP contribution in [0, 0.1) is 0 Å². The molecule has 0 atom stereocenters. The Morgan fingerprint density at radius 1 is 0.793 bits per heavy atom. The predicted octanol–water partition coefficient (Wildman–Crippen LogP) is 0.575. The molecule has 4 nitrogen and oxygen atoms in total. The van der Waals surface area contributed by atoms with Gasteiger partial charge in [0.25, 0.3) is 0 Å². The molecule has 0 aromatic rings. The fraction of sp³-hybridized carbons (Fsp3) is 0.826. The van der Waals surface area contributed by atoms with Crippen molar-refractivity contribution in [1.29, 1.82) is 0 Å². The topological polar surface area (TPSA) is 58.4 Å². The summed E-state index contributed by atoms with van der Waals surface area (Å²) < 4.78 is 4.94. The Hall–Kier alpha value is 0.355. The second kappa shape index (κ2) is 51.2. The monoisotopic (exact) mass is 406 g/mol. The van der Waals surface area contributed by atoms with Gasteiger partial charge in [0, 0.05) is 25.3 Å². The number of nitrogens with one attached hydrogen (secondary N) is 1. The van der Waals surface area contributed by atoms with Gasteiger partial charge in [-0.3, -0.25) is 0 Å². The molecule has 6 heteroatoms. The van der Waals surface area contributed by atoms with Crippen LogP contribution < -0.4 is 48.1 Å². The summed E-state index contributed by atoms with van der Waals surface area (Å²) in [6, 6.07) is 2.25. The van der Waals surface area contributed by atoms with Crippen LogP contribution in [0.3, 0.4) is 0 Å². The van der Waals surface area contributed by atoms with Crippen molar-refractivity contribution in [1.82, 2.24) is 5.32 Å². The summed E-state index contributed by atoms with van der Waals surface area (Å²) in [5.41, 5.74) is 0. The fourth-order valence-corrected chi connectivity index (χ4v) is 1.77. The van der Waals surface area contributed by atoms with Gasteiger partial charge in [0.15, 0.2) is 0 Å². The first-order valence-electron chi connectivity index (χ1n) is 8.93. The van der Waals surface area contributed by atoms with Gasteiger partial charge in [0.2, 0.25) is 0 Å². The van der Waals surface area contributed by atoms with Crippen LogP contribution in [0.15, 0.2) is 26.0 Å². The molecule has 0 aliphatic carbocycles. The van der Waals surface area contributed by atoms with E-state index in [4.69, 9.17) is 9.84 Å². The van der Waals surface area contributed by atoms with E-state index in [-0.39, 0.29) is 60.0 Å². The van der Waals surface area contributed by atoms with Crippen molar-refractivity contribution in [3.63, 3.8) is 0 Å². The summed E-state index contributed by atoms with van der Waals surface area (Å²) in [7, 11) is 0. The van der Waals surface area contributed by atoms with Gasteiger partial charge in [-0.25, -0.2) is 0 Å². The number of nitrogens with zero attached hydrogens (tertiary/aromatic N) is 1. The van der Waals surface area contributed by atoms with Crippen molar-refractivity contribution in [2.24, 2.45) is 0 Å². The van der Waals surface area contributed by atoms with Crippen molar-refractivity contribution >= 4 is 0 Å². The Morgan fingerprint density at radius 2 is 1.03 bits per heavy atom. The predicted molar refractivity (Wildman–Crippen MR) is 129 cm³/mol. The van der Waals surface area contributed by atoms with E-state index in [9.17, 15) is 0 Å². The molecule has 0 aromatic carbocycles. The van der Waals surface area contributed by atoms with Crippen LogP contribution in [0.1, 0.15) is 90.5 Å². The van der Waals surface area contributed by atoms with E-state index in [0.29, 0.717) is 30.4 Å². The Balaban J connectivity index is -0.0000000248. The molecule has 1 heterocycles. The van der Waals surface area contributed by atoms with Gasteiger partial charge in [0.05, 0.1) is 0 Å². The van der Waals surface area contributed by atoms with E-state index in [2.05, 4.69) is 85.8 Å². The quantitative estimate of drug-likeness (QED) is 0.422. The first-order valence-corrected chi connectivity index (χ1v) is 8.93. The summed E-state index contributed by atoms with van der Waals surface area (Å²) in [5, 5.41) is 16.3. The maximum absolute atomic E-state index is 8.69. The van der Waals surface area contributed by atoms with Gasteiger partial charge < -0.3 is 20.5 Å². The third-order valence-corrected chi connectivity index (χ3v) is 2.09. The zero-order valence-corrected chi connectivity index (χ0v) is 19.6. The molecule has 1 aliphatic heterocycles. The average Bonchev–Trinajstić information content (AvgIpc) is 2.98. The summed E-state index contributed by atoms with van der Waals surface area (Å²) in [4.78, 5) is 0. The molecule has 0 unspecified atom stereocenters. The van der Waals surface area contributed by atoms with Gasteiger partial charge in [-0.2, -0.15) is 6.26 Å². The summed E-state index contributed by atoms with van der Waals surface area (Å²) >= 11 is 0. The molecule has 1 fully saturated rings. The van der Waals surface area contributed by atoms with Crippen LogP contribution in [0.4, 0.5) is 0 Å². The molecule has 172 valence electrons. The van der Waals surface area contributed by atoms with Gasteiger partial charge in [-0.1, -0.05) is 77.7 Å². The zero-order chi connectivity index (χ0) is 20.0. The molecule has 0 bridgehead atoms. The second-order valence-corrected chi connectivity index (χ2v) is 6.30.